The molecule has 106 valence electrons. The summed E-state index contributed by atoms with van der Waals surface area (Å²) in [7, 11) is 1.72. The van der Waals surface area contributed by atoms with Gasteiger partial charge >= 0.3 is 0 Å². The molecule has 0 saturated heterocycles. The van der Waals surface area contributed by atoms with E-state index in [1.165, 1.54) is 12.8 Å². The average molecular weight is 284 g/mol. The number of rotatable bonds is 6. The molecule has 1 fully saturated rings. The molecule has 19 heavy (non-hydrogen) atoms. The van der Waals surface area contributed by atoms with Gasteiger partial charge in [-0.15, -0.1) is 0 Å². The van der Waals surface area contributed by atoms with E-state index in [1.54, 1.807) is 7.11 Å². The molecule has 0 aromatic carbocycles. The van der Waals surface area contributed by atoms with E-state index in [0.29, 0.717) is 17.8 Å². The van der Waals surface area contributed by atoms with Crippen LogP contribution in [0.25, 0.3) is 0 Å². The Hall–Kier alpha value is -0.870. The Labute approximate surface area is 120 Å². The van der Waals surface area contributed by atoms with Gasteiger partial charge in [0.05, 0.1) is 18.0 Å². The second kappa shape index (κ2) is 6.06. The topological polar surface area (TPSA) is 38.2 Å². The summed E-state index contributed by atoms with van der Waals surface area (Å²) in [6, 6.07) is 0.434. The fourth-order valence-electron chi connectivity index (χ4n) is 2.27. The molecule has 1 aromatic rings. The first kappa shape index (κ1) is 14.5. The standard InChI is InChI=1S/C14H22ClN3O/c1-9-10(2)17-14(13(15)16-9)18(7-8-19-4)11(3)12-5-6-12/h11-12H,5-8H2,1-4H3. The van der Waals surface area contributed by atoms with E-state index in [1.807, 2.05) is 13.8 Å². The molecule has 1 heterocycles. The maximum atomic E-state index is 6.29. The number of aromatic nitrogens is 2. The number of anilines is 1. The van der Waals surface area contributed by atoms with Crippen molar-refractivity contribution in [1.29, 1.82) is 0 Å². The van der Waals surface area contributed by atoms with Crippen molar-refractivity contribution in [3.8, 4) is 0 Å². The van der Waals surface area contributed by atoms with Gasteiger partial charge in [-0.05, 0) is 39.5 Å². The van der Waals surface area contributed by atoms with Crippen LogP contribution in [0.4, 0.5) is 5.82 Å². The number of halogens is 1. The third kappa shape index (κ3) is 3.37. The molecule has 0 bridgehead atoms. The quantitative estimate of drug-likeness (QED) is 0.804. The first-order valence-corrected chi connectivity index (χ1v) is 7.18. The molecule has 0 spiro atoms. The normalized spacial score (nSPS) is 16.5. The Morgan fingerprint density at radius 3 is 2.53 bits per heavy atom. The predicted octanol–water partition coefficient (Wildman–Crippen LogP) is 3.00. The van der Waals surface area contributed by atoms with Crippen molar-refractivity contribution in [1.82, 2.24) is 9.97 Å². The molecule has 1 unspecified atom stereocenters. The Bertz CT molecular complexity index is 449. The number of aryl methyl sites for hydroxylation is 2. The second-order valence-electron chi connectivity index (χ2n) is 5.27. The van der Waals surface area contributed by atoms with E-state index in [9.17, 15) is 0 Å². The van der Waals surface area contributed by atoms with Crippen molar-refractivity contribution in [2.75, 3.05) is 25.2 Å². The third-order valence-corrected chi connectivity index (χ3v) is 4.11. The van der Waals surface area contributed by atoms with Gasteiger partial charge < -0.3 is 9.64 Å². The van der Waals surface area contributed by atoms with Crippen LogP contribution < -0.4 is 4.90 Å². The number of hydrogen-bond donors (Lipinski definition) is 0. The van der Waals surface area contributed by atoms with Gasteiger partial charge in [0.25, 0.3) is 0 Å². The maximum Gasteiger partial charge on any atom is 0.171 e. The molecule has 4 nitrogen and oxygen atoms in total. The van der Waals surface area contributed by atoms with Gasteiger partial charge in [-0.2, -0.15) is 0 Å². The summed E-state index contributed by atoms with van der Waals surface area (Å²) < 4.78 is 5.21. The van der Waals surface area contributed by atoms with Gasteiger partial charge in [0.1, 0.15) is 0 Å². The van der Waals surface area contributed by atoms with Crippen molar-refractivity contribution in [3.63, 3.8) is 0 Å². The summed E-state index contributed by atoms with van der Waals surface area (Å²) in [5, 5.41) is 0.492. The molecule has 5 heteroatoms. The largest absolute Gasteiger partial charge is 0.383 e. The molecule has 0 amide bonds. The van der Waals surface area contributed by atoms with Gasteiger partial charge in [0.2, 0.25) is 0 Å². The minimum atomic E-state index is 0.434. The molecule has 1 aliphatic carbocycles. The van der Waals surface area contributed by atoms with Gasteiger partial charge in [-0.25, -0.2) is 9.97 Å². The lowest BCUT2D eigenvalue weighted by atomic mass is 10.2. The highest BCUT2D eigenvalue weighted by atomic mass is 35.5. The highest BCUT2D eigenvalue weighted by molar-refractivity contribution is 6.31. The SMILES string of the molecule is COCCN(c1nc(C)c(C)nc1Cl)C(C)C1CC1. The Morgan fingerprint density at radius 1 is 1.32 bits per heavy atom. The van der Waals surface area contributed by atoms with Crippen LogP contribution in [0.1, 0.15) is 31.2 Å². The highest BCUT2D eigenvalue weighted by Crippen LogP contribution is 2.37. The Balaban J connectivity index is 2.28. The van der Waals surface area contributed by atoms with E-state index in [2.05, 4.69) is 21.8 Å². The first-order chi connectivity index (χ1) is 9.04. The monoisotopic (exact) mass is 283 g/mol. The second-order valence-corrected chi connectivity index (χ2v) is 5.63. The van der Waals surface area contributed by atoms with E-state index in [4.69, 9.17) is 16.3 Å². The van der Waals surface area contributed by atoms with Gasteiger partial charge in [0.15, 0.2) is 11.0 Å². The molecule has 0 N–H and O–H groups in total. The lowest BCUT2D eigenvalue weighted by Crippen LogP contribution is -2.38. The highest BCUT2D eigenvalue weighted by Gasteiger charge is 2.33. The van der Waals surface area contributed by atoms with Crippen molar-refractivity contribution in [2.24, 2.45) is 5.92 Å². The third-order valence-electron chi connectivity index (χ3n) is 3.85. The smallest absolute Gasteiger partial charge is 0.171 e. The fourth-order valence-corrected chi connectivity index (χ4v) is 2.55. The summed E-state index contributed by atoms with van der Waals surface area (Å²) >= 11 is 6.29. The zero-order valence-corrected chi connectivity index (χ0v) is 12.9. The number of ether oxygens (including phenoxy) is 1. The van der Waals surface area contributed by atoms with Gasteiger partial charge in [0, 0.05) is 19.7 Å². The summed E-state index contributed by atoms with van der Waals surface area (Å²) in [5.74, 6) is 1.54. The van der Waals surface area contributed by atoms with E-state index >= 15 is 0 Å². The van der Waals surface area contributed by atoms with Crippen molar-refractivity contribution < 1.29 is 4.74 Å². The van der Waals surface area contributed by atoms with Crippen LogP contribution in [0, 0.1) is 19.8 Å². The minimum Gasteiger partial charge on any atom is -0.383 e. The average Bonchev–Trinajstić information content (AvgIpc) is 3.19. The Morgan fingerprint density at radius 2 is 1.95 bits per heavy atom. The number of hydrogen-bond acceptors (Lipinski definition) is 4. The number of nitrogens with zero attached hydrogens (tertiary/aromatic N) is 3. The van der Waals surface area contributed by atoms with E-state index in [-0.39, 0.29) is 0 Å². The van der Waals surface area contributed by atoms with Crippen LogP contribution in [-0.2, 0) is 4.74 Å². The van der Waals surface area contributed by atoms with Gasteiger partial charge in [-0.3, -0.25) is 0 Å². The molecule has 1 aliphatic rings. The summed E-state index contributed by atoms with van der Waals surface area (Å²) in [6.45, 7) is 7.61. The molecular formula is C14H22ClN3O. The van der Waals surface area contributed by atoms with Crippen LogP contribution in [0.15, 0.2) is 0 Å². The lowest BCUT2D eigenvalue weighted by molar-refractivity contribution is 0.202. The fraction of sp³-hybridized carbons (Fsp3) is 0.714. The Kier molecular flexibility index (Phi) is 4.63. The predicted molar refractivity (Wildman–Crippen MR) is 77.9 cm³/mol. The molecular weight excluding hydrogens is 262 g/mol. The van der Waals surface area contributed by atoms with Crippen molar-refractivity contribution in [2.45, 2.75) is 39.7 Å². The molecule has 2 rings (SSSR count). The summed E-state index contributed by atoms with van der Waals surface area (Å²) in [4.78, 5) is 11.3. The van der Waals surface area contributed by atoms with Crippen LogP contribution in [0.3, 0.4) is 0 Å². The van der Waals surface area contributed by atoms with Crippen molar-refractivity contribution >= 4 is 17.4 Å². The molecule has 0 aliphatic heterocycles. The van der Waals surface area contributed by atoms with Crippen LogP contribution >= 0.6 is 11.6 Å². The summed E-state index contributed by atoms with van der Waals surface area (Å²) in [6.07, 6.45) is 2.58. The van der Waals surface area contributed by atoms with Crippen LogP contribution in [-0.4, -0.2) is 36.3 Å². The first-order valence-electron chi connectivity index (χ1n) is 6.81. The van der Waals surface area contributed by atoms with E-state index in [0.717, 1.165) is 29.7 Å². The molecule has 0 radical (unpaired) electrons. The summed E-state index contributed by atoms with van der Waals surface area (Å²) in [5.41, 5.74) is 1.82. The minimum absolute atomic E-state index is 0.434. The van der Waals surface area contributed by atoms with Gasteiger partial charge in [-0.1, -0.05) is 11.6 Å². The number of methoxy groups -OCH3 is 1. The van der Waals surface area contributed by atoms with Crippen molar-refractivity contribution in [3.05, 3.63) is 16.5 Å². The van der Waals surface area contributed by atoms with Crippen LogP contribution in [0.5, 0.6) is 0 Å². The molecule has 1 atom stereocenters. The zero-order chi connectivity index (χ0) is 14.0. The van der Waals surface area contributed by atoms with E-state index < -0.39 is 0 Å². The maximum absolute atomic E-state index is 6.29. The lowest BCUT2D eigenvalue weighted by Gasteiger charge is -2.31. The zero-order valence-electron chi connectivity index (χ0n) is 12.1. The molecule has 1 saturated carbocycles. The molecule has 1 aromatic heterocycles. The van der Waals surface area contributed by atoms with Crippen LogP contribution in [0.2, 0.25) is 5.15 Å².